The number of nitrogens with zero attached hydrogens (tertiary/aromatic N) is 1. The molecule has 1 heterocycles. The fourth-order valence-corrected chi connectivity index (χ4v) is 2.16. The molecule has 3 aromatic rings. The molecule has 0 amide bonds. The maximum Gasteiger partial charge on any atom is 0.227 e. The Balaban J connectivity index is 2.18. The van der Waals surface area contributed by atoms with Gasteiger partial charge >= 0.3 is 0 Å². The van der Waals surface area contributed by atoms with Crippen LogP contribution in [0.25, 0.3) is 22.6 Å². The molecule has 3 nitrogen and oxygen atoms in total. The molecule has 0 spiro atoms. The van der Waals surface area contributed by atoms with Crippen LogP contribution >= 0.6 is 0 Å². The molecule has 4 heteroatoms. The number of rotatable bonds is 2. The summed E-state index contributed by atoms with van der Waals surface area (Å²) < 4.78 is 18.9. The van der Waals surface area contributed by atoms with Gasteiger partial charge in [0.1, 0.15) is 11.3 Å². The number of nitrogen functional groups attached to an aromatic ring is 1. The van der Waals surface area contributed by atoms with Crippen molar-refractivity contribution in [1.29, 1.82) is 0 Å². The molecule has 0 fully saturated rings. The normalized spacial score (nSPS) is 11.4. The third-order valence-corrected chi connectivity index (χ3v) is 3.28. The molecule has 0 radical (unpaired) electrons. The van der Waals surface area contributed by atoms with Crippen molar-refractivity contribution in [3.05, 3.63) is 47.8 Å². The summed E-state index contributed by atoms with van der Waals surface area (Å²) in [5.74, 6) is 0.420. The van der Waals surface area contributed by atoms with E-state index in [1.54, 1.807) is 12.1 Å². The zero-order chi connectivity index (χ0) is 14.3. The van der Waals surface area contributed by atoms with Gasteiger partial charge in [0.2, 0.25) is 5.89 Å². The number of nitrogens with two attached hydrogens (primary N) is 1. The number of halogens is 1. The summed E-state index contributed by atoms with van der Waals surface area (Å²) in [5.41, 5.74) is 9.53. The van der Waals surface area contributed by atoms with Crippen molar-refractivity contribution in [2.24, 2.45) is 0 Å². The number of oxazole rings is 1. The molecule has 0 saturated carbocycles. The minimum absolute atomic E-state index is 0.319. The van der Waals surface area contributed by atoms with Crippen molar-refractivity contribution in [1.82, 2.24) is 4.98 Å². The highest BCUT2D eigenvalue weighted by atomic mass is 19.1. The molecule has 0 bridgehead atoms. The maximum atomic E-state index is 13.3. The molecule has 1 aromatic heterocycles. The Kier molecular flexibility index (Phi) is 2.93. The Hall–Kier alpha value is -2.36. The maximum absolute atomic E-state index is 13.3. The Morgan fingerprint density at radius 1 is 1.20 bits per heavy atom. The fourth-order valence-electron chi connectivity index (χ4n) is 2.16. The van der Waals surface area contributed by atoms with E-state index in [0.717, 1.165) is 5.56 Å². The smallest absolute Gasteiger partial charge is 0.227 e. The van der Waals surface area contributed by atoms with Crippen LogP contribution in [0.3, 0.4) is 0 Å². The highest BCUT2D eigenvalue weighted by Crippen LogP contribution is 2.31. The summed E-state index contributed by atoms with van der Waals surface area (Å²) in [6.45, 7) is 4.18. The van der Waals surface area contributed by atoms with Crippen LogP contribution < -0.4 is 5.73 Å². The molecular weight excluding hydrogens is 255 g/mol. The lowest BCUT2D eigenvalue weighted by atomic mass is 10.0. The molecule has 0 aliphatic rings. The van der Waals surface area contributed by atoms with Gasteiger partial charge < -0.3 is 10.2 Å². The molecule has 2 aromatic carbocycles. The second-order valence-corrected chi connectivity index (χ2v) is 5.14. The summed E-state index contributed by atoms with van der Waals surface area (Å²) in [6.07, 6.45) is 0. The van der Waals surface area contributed by atoms with Crippen molar-refractivity contribution < 1.29 is 8.81 Å². The summed E-state index contributed by atoms with van der Waals surface area (Å²) in [4.78, 5) is 4.41. The van der Waals surface area contributed by atoms with Gasteiger partial charge in [-0.3, -0.25) is 0 Å². The lowest BCUT2D eigenvalue weighted by molar-refractivity contribution is 0.612. The molecule has 3 rings (SSSR count). The number of hydrogen-bond donors (Lipinski definition) is 1. The van der Waals surface area contributed by atoms with Gasteiger partial charge in [0, 0.05) is 5.56 Å². The number of fused-ring (bicyclic) bond motifs is 1. The Labute approximate surface area is 116 Å². The largest absolute Gasteiger partial charge is 0.434 e. The highest BCUT2D eigenvalue weighted by Gasteiger charge is 2.13. The third-order valence-electron chi connectivity index (χ3n) is 3.28. The van der Waals surface area contributed by atoms with Crippen molar-refractivity contribution in [3.8, 4) is 11.5 Å². The zero-order valence-electron chi connectivity index (χ0n) is 11.4. The molecule has 0 saturated heterocycles. The Morgan fingerprint density at radius 3 is 2.70 bits per heavy atom. The van der Waals surface area contributed by atoms with Gasteiger partial charge in [-0.2, -0.15) is 0 Å². The summed E-state index contributed by atoms with van der Waals surface area (Å²) >= 11 is 0. The zero-order valence-corrected chi connectivity index (χ0v) is 11.4. The lowest BCUT2D eigenvalue weighted by Gasteiger charge is -2.05. The second kappa shape index (κ2) is 4.63. The fraction of sp³-hybridized carbons (Fsp3) is 0.188. The first kappa shape index (κ1) is 12.7. The van der Waals surface area contributed by atoms with E-state index in [-0.39, 0.29) is 5.82 Å². The number of aromatic nitrogens is 1. The van der Waals surface area contributed by atoms with E-state index in [2.05, 4.69) is 18.8 Å². The van der Waals surface area contributed by atoms with Crippen LogP contribution in [0.4, 0.5) is 10.1 Å². The van der Waals surface area contributed by atoms with Gasteiger partial charge in [0.25, 0.3) is 0 Å². The van der Waals surface area contributed by atoms with Crippen LogP contribution in [0.5, 0.6) is 0 Å². The summed E-state index contributed by atoms with van der Waals surface area (Å²) in [7, 11) is 0. The molecule has 0 unspecified atom stereocenters. The van der Waals surface area contributed by atoms with Crippen molar-refractivity contribution in [2.45, 2.75) is 19.8 Å². The molecule has 0 atom stereocenters. The van der Waals surface area contributed by atoms with E-state index in [1.165, 1.54) is 12.1 Å². The SMILES string of the molecule is CC(C)c1cc(N)c2oc(-c3cccc(F)c3)nc2c1. The predicted molar refractivity (Wildman–Crippen MR) is 77.9 cm³/mol. The van der Waals surface area contributed by atoms with E-state index in [0.29, 0.717) is 34.2 Å². The van der Waals surface area contributed by atoms with E-state index >= 15 is 0 Å². The molecule has 0 aliphatic carbocycles. The van der Waals surface area contributed by atoms with E-state index in [4.69, 9.17) is 10.2 Å². The molecular formula is C16H15FN2O. The highest BCUT2D eigenvalue weighted by molar-refractivity contribution is 5.87. The van der Waals surface area contributed by atoms with E-state index < -0.39 is 0 Å². The first-order valence-electron chi connectivity index (χ1n) is 6.50. The van der Waals surface area contributed by atoms with E-state index in [9.17, 15) is 4.39 Å². The van der Waals surface area contributed by atoms with Gasteiger partial charge in [0.15, 0.2) is 5.58 Å². The van der Waals surface area contributed by atoms with Crippen molar-refractivity contribution in [3.63, 3.8) is 0 Å². The number of anilines is 1. The Morgan fingerprint density at radius 2 is 2.00 bits per heavy atom. The molecule has 2 N–H and O–H groups in total. The molecule has 0 aliphatic heterocycles. The van der Waals surface area contributed by atoms with Crippen LogP contribution in [0.2, 0.25) is 0 Å². The van der Waals surface area contributed by atoms with Crippen LogP contribution in [0, 0.1) is 5.82 Å². The van der Waals surface area contributed by atoms with E-state index in [1.807, 2.05) is 12.1 Å². The lowest BCUT2D eigenvalue weighted by Crippen LogP contribution is -1.92. The average molecular weight is 270 g/mol. The molecule has 102 valence electrons. The predicted octanol–water partition coefficient (Wildman–Crippen LogP) is 4.34. The number of benzene rings is 2. The third kappa shape index (κ3) is 2.13. The minimum Gasteiger partial charge on any atom is -0.434 e. The van der Waals surface area contributed by atoms with Gasteiger partial charge in [-0.15, -0.1) is 0 Å². The van der Waals surface area contributed by atoms with Crippen LogP contribution in [-0.4, -0.2) is 4.98 Å². The average Bonchev–Trinajstić information content (AvgIpc) is 2.83. The number of hydrogen-bond acceptors (Lipinski definition) is 3. The monoisotopic (exact) mass is 270 g/mol. The van der Waals surface area contributed by atoms with Gasteiger partial charge in [-0.25, -0.2) is 9.37 Å². The molecule has 20 heavy (non-hydrogen) atoms. The van der Waals surface area contributed by atoms with Gasteiger partial charge in [0.05, 0.1) is 5.69 Å². The summed E-state index contributed by atoms with van der Waals surface area (Å²) in [6, 6.07) is 10.0. The quantitative estimate of drug-likeness (QED) is 0.705. The summed E-state index contributed by atoms with van der Waals surface area (Å²) in [5, 5.41) is 0. The van der Waals surface area contributed by atoms with Crippen LogP contribution in [0.15, 0.2) is 40.8 Å². The first-order valence-corrected chi connectivity index (χ1v) is 6.50. The van der Waals surface area contributed by atoms with Crippen molar-refractivity contribution in [2.75, 3.05) is 5.73 Å². The topological polar surface area (TPSA) is 52.0 Å². The first-order chi connectivity index (χ1) is 9.54. The van der Waals surface area contributed by atoms with Crippen molar-refractivity contribution >= 4 is 16.8 Å². The second-order valence-electron chi connectivity index (χ2n) is 5.14. The van der Waals surface area contributed by atoms with Crippen LogP contribution in [-0.2, 0) is 0 Å². The van der Waals surface area contributed by atoms with Gasteiger partial charge in [-0.1, -0.05) is 19.9 Å². The Bertz CT molecular complexity index is 777. The minimum atomic E-state index is -0.319. The standard InChI is InChI=1S/C16H15FN2O/c1-9(2)11-7-13(18)15-14(8-11)19-16(20-15)10-4-3-5-12(17)6-10/h3-9H,18H2,1-2H3. The van der Waals surface area contributed by atoms with Crippen LogP contribution in [0.1, 0.15) is 25.3 Å². The van der Waals surface area contributed by atoms with Gasteiger partial charge in [-0.05, 0) is 41.8 Å².